The van der Waals surface area contributed by atoms with Gasteiger partial charge in [-0.25, -0.2) is 4.79 Å². The fraction of sp³-hybridized carbons (Fsp3) is 0.263. The number of ether oxygens (including phenoxy) is 1. The summed E-state index contributed by atoms with van der Waals surface area (Å²) in [5.41, 5.74) is 2.13. The number of carbonyl (C=O) groups is 2. The molecule has 1 N–H and O–H groups in total. The van der Waals surface area contributed by atoms with E-state index < -0.39 is 0 Å². The summed E-state index contributed by atoms with van der Waals surface area (Å²) in [5, 5.41) is 2.90. The Kier molecular flexibility index (Phi) is 5.92. The SMILES string of the molecule is CCOC(=O)c1ccc(NC(=O)C(CC)c2ccccc2)cc1. The van der Waals surface area contributed by atoms with Crippen molar-refractivity contribution in [2.24, 2.45) is 0 Å². The molecule has 0 heterocycles. The lowest BCUT2D eigenvalue weighted by Gasteiger charge is -2.15. The number of nitrogens with one attached hydrogen (secondary N) is 1. The molecule has 1 atom stereocenters. The summed E-state index contributed by atoms with van der Waals surface area (Å²) in [5.74, 6) is -0.607. The molecule has 0 bridgehead atoms. The van der Waals surface area contributed by atoms with E-state index in [1.54, 1.807) is 31.2 Å². The van der Waals surface area contributed by atoms with Gasteiger partial charge in [0.2, 0.25) is 5.91 Å². The van der Waals surface area contributed by atoms with E-state index in [-0.39, 0.29) is 17.8 Å². The number of anilines is 1. The molecular weight excluding hydrogens is 290 g/mol. The topological polar surface area (TPSA) is 55.4 Å². The van der Waals surface area contributed by atoms with E-state index in [4.69, 9.17) is 4.74 Å². The fourth-order valence-corrected chi connectivity index (χ4v) is 2.39. The molecule has 120 valence electrons. The van der Waals surface area contributed by atoms with Gasteiger partial charge in [-0.05, 0) is 43.2 Å². The molecule has 4 heteroatoms. The third-order valence-electron chi connectivity index (χ3n) is 3.59. The van der Waals surface area contributed by atoms with Gasteiger partial charge in [-0.2, -0.15) is 0 Å². The number of esters is 1. The number of hydrogen-bond donors (Lipinski definition) is 1. The molecule has 4 nitrogen and oxygen atoms in total. The van der Waals surface area contributed by atoms with Gasteiger partial charge in [0.25, 0.3) is 0 Å². The van der Waals surface area contributed by atoms with Gasteiger partial charge in [0.15, 0.2) is 0 Å². The second-order valence-corrected chi connectivity index (χ2v) is 5.16. The van der Waals surface area contributed by atoms with Crippen molar-refractivity contribution in [1.29, 1.82) is 0 Å². The van der Waals surface area contributed by atoms with Crippen molar-refractivity contribution in [3.8, 4) is 0 Å². The standard InChI is InChI=1S/C19H21NO3/c1-3-17(14-8-6-5-7-9-14)18(21)20-16-12-10-15(11-13-16)19(22)23-4-2/h5-13,17H,3-4H2,1-2H3,(H,20,21). The Morgan fingerprint density at radius 1 is 1.00 bits per heavy atom. The van der Waals surface area contributed by atoms with E-state index in [9.17, 15) is 9.59 Å². The summed E-state index contributed by atoms with van der Waals surface area (Å²) in [7, 11) is 0. The zero-order valence-corrected chi connectivity index (χ0v) is 13.4. The van der Waals surface area contributed by atoms with Gasteiger partial charge in [0.1, 0.15) is 0 Å². The van der Waals surface area contributed by atoms with Gasteiger partial charge in [-0.15, -0.1) is 0 Å². The zero-order chi connectivity index (χ0) is 16.7. The smallest absolute Gasteiger partial charge is 0.338 e. The Bertz CT molecular complexity index is 650. The molecule has 0 saturated carbocycles. The highest BCUT2D eigenvalue weighted by atomic mass is 16.5. The predicted molar refractivity (Wildman–Crippen MR) is 90.5 cm³/mol. The van der Waals surface area contributed by atoms with Crippen molar-refractivity contribution < 1.29 is 14.3 Å². The summed E-state index contributed by atoms with van der Waals surface area (Å²) in [6.07, 6.45) is 0.719. The van der Waals surface area contributed by atoms with Crippen LogP contribution in [0.3, 0.4) is 0 Å². The molecule has 0 aliphatic heterocycles. The van der Waals surface area contributed by atoms with Crippen LogP contribution in [-0.2, 0) is 9.53 Å². The Morgan fingerprint density at radius 2 is 1.65 bits per heavy atom. The molecule has 0 saturated heterocycles. The Balaban J connectivity index is 2.06. The van der Waals surface area contributed by atoms with Crippen LogP contribution in [-0.4, -0.2) is 18.5 Å². The average molecular weight is 311 g/mol. The van der Waals surface area contributed by atoms with Crippen LogP contribution < -0.4 is 5.32 Å². The summed E-state index contributed by atoms with van der Waals surface area (Å²) in [6.45, 7) is 4.09. The first-order valence-electron chi connectivity index (χ1n) is 7.78. The van der Waals surface area contributed by atoms with Crippen molar-refractivity contribution >= 4 is 17.6 Å². The third-order valence-corrected chi connectivity index (χ3v) is 3.59. The lowest BCUT2D eigenvalue weighted by molar-refractivity contribution is -0.117. The van der Waals surface area contributed by atoms with Crippen LogP contribution in [0.4, 0.5) is 5.69 Å². The Morgan fingerprint density at radius 3 is 2.22 bits per heavy atom. The number of amides is 1. The van der Waals surface area contributed by atoms with E-state index in [1.165, 1.54) is 0 Å². The highest BCUT2D eigenvalue weighted by Crippen LogP contribution is 2.21. The van der Waals surface area contributed by atoms with Crippen LogP contribution >= 0.6 is 0 Å². The minimum atomic E-state index is -0.360. The largest absolute Gasteiger partial charge is 0.462 e. The van der Waals surface area contributed by atoms with Crippen molar-refractivity contribution in [3.63, 3.8) is 0 Å². The van der Waals surface area contributed by atoms with Crippen molar-refractivity contribution in [1.82, 2.24) is 0 Å². The van der Waals surface area contributed by atoms with E-state index in [2.05, 4.69) is 5.32 Å². The van der Waals surface area contributed by atoms with Gasteiger partial charge in [0, 0.05) is 5.69 Å². The first-order valence-corrected chi connectivity index (χ1v) is 7.78. The highest BCUT2D eigenvalue weighted by Gasteiger charge is 2.18. The lowest BCUT2D eigenvalue weighted by Crippen LogP contribution is -2.20. The molecular formula is C19H21NO3. The maximum Gasteiger partial charge on any atom is 0.338 e. The van der Waals surface area contributed by atoms with Crippen molar-refractivity contribution in [3.05, 3.63) is 65.7 Å². The first-order chi connectivity index (χ1) is 11.2. The van der Waals surface area contributed by atoms with Crippen molar-refractivity contribution in [2.45, 2.75) is 26.2 Å². The molecule has 0 aliphatic carbocycles. The van der Waals surface area contributed by atoms with Gasteiger partial charge in [-0.1, -0.05) is 37.3 Å². The molecule has 0 aliphatic rings. The van der Waals surface area contributed by atoms with Crippen LogP contribution in [0.15, 0.2) is 54.6 Å². The number of benzene rings is 2. The minimum Gasteiger partial charge on any atom is -0.462 e. The van der Waals surface area contributed by atoms with E-state index >= 15 is 0 Å². The molecule has 0 aromatic heterocycles. The van der Waals surface area contributed by atoms with Gasteiger partial charge < -0.3 is 10.1 Å². The van der Waals surface area contributed by atoms with Gasteiger partial charge >= 0.3 is 5.97 Å². The molecule has 2 rings (SSSR count). The molecule has 1 amide bonds. The molecule has 0 radical (unpaired) electrons. The number of hydrogen-bond acceptors (Lipinski definition) is 3. The maximum absolute atomic E-state index is 12.5. The van der Waals surface area contributed by atoms with Crippen LogP contribution in [0.2, 0.25) is 0 Å². The second-order valence-electron chi connectivity index (χ2n) is 5.16. The van der Waals surface area contributed by atoms with Crippen LogP contribution in [0, 0.1) is 0 Å². The zero-order valence-electron chi connectivity index (χ0n) is 13.4. The van der Waals surface area contributed by atoms with E-state index in [1.807, 2.05) is 37.3 Å². The maximum atomic E-state index is 12.5. The fourth-order valence-electron chi connectivity index (χ4n) is 2.39. The average Bonchev–Trinajstić information content (AvgIpc) is 2.57. The number of rotatable bonds is 6. The molecule has 23 heavy (non-hydrogen) atoms. The van der Waals surface area contributed by atoms with Crippen LogP contribution in [0.1, 0.15) is 42.1 Å². The Labute approximate surface area is 136 Å². The third kappa shape index (κ3) is 4.42. The summed E-state index contributed by atoms with van der Waals surface area (Å²) < 4.78 is 4.94. The normalized spacial score (nSPS) is 11.6. The summed E-state index contributed by atoms with van der Waals surface area (Å²) >= 11 is 0. The highest BCUT2D eigenvalue weighted by molar-refractivity contribution is 5.96. The second kappa shape index (κ2) is 8.13. The quantitative estimate of drug-likeness (QED) is 0.821. The Hall–Kier alpha value is -2.62. The monoisotopic (exact) mass is 311 g/mol. The van der Waals surface area contributed by atoms with Gasteiger partial charge in [-0.3, -0.25) is 4.79 Å². The van der Waals surface area contributed by atoms with E-state index in [0.29, 0.717) is 17.9 Å². The first kappa shape index (κ1) is 16.7. The molecule has 0 spiro atoms. The van der Waals surface area contributed by atoms with Crippen LogP contribution in [0.5, 0.6) is 0 Å². The van der Waals surface area contributed by atoms with Crippen molar-refractivity contribution in [2.75, 3.05) is 11.9 Å². The number of carbonyl (C=O) groups excluding carboxylic acids is 2. The van der Waals surface area contributed by atoms with Gasteiger partial charge in [0.05, 0.1) is 18.1 Å². The predicted octanol–water partition coefficient (Wildman–Crippen LogP) is 4.00. The van der Waals surface area contributed by atoms with E-state index in [0.717, 1.165) is 12.0 Å². The summed E-state index contributed by atoms with van der Waals surface area (Å²) in [6, 6.07) is 16.4. The molecule has 2 aromatic carbocycles. The molecule has 1 unspecified atom stereocenters. The minimum absolute atomic E-state index is 0.0532. The molecule has 2 aromatic rings. The summed E-state index contributed by atoms with van der Waals surface area (Å²) in [4.78, 5) is 24.1. The molecule has 0 fully saturated rings. The van der Waals surface area contributed by atoms with Crippen LogP contribution in [0.25, 0.3) is 0 Å². The lowest BCUT2D eigenvalue weighted by atomic mass is 9.95.